The summed E-state index contributed by atoms with van der Waals surface area (Å²) in [5.41, 5.74) is 4.27. The highest BCUT2D eigenvalue weighted by molar-refractivity contribution is 5.31. The largest absolute Gasteiger partial charge is 0.306 e. The van der Waals surface area contributed by atoms with E-state index in [1.165, 1.54) is 16.7 Å². The number of hydrogen-bond donors (Lipinski definition) is 1. The molecule has 0 amide bonds. The summed E-state index contributed by atoms with van der Waals surface area (Å²) in [5.74, 6) is 0. The lowest BCUT2D eigenvalue weighted by atomic mass is 9.99. The fourth-order valence-electron chi connectivity index (χ4n) is 1.77. The van der Waals surface area contributed by atoms with Crippen LogP contribution in [0.5, 0.6) is 0 Å². The first kappa shape index (κ1) is 12.3. The molecule has 84 valence electrons. The topological polar surface area (TPSA) is 12.0 Å². The molecule has 0 fully saturated rings. The molecule has 15 heavy (non-hydrogen) atoms. The number of hydrogen-bond acceptors (Lipinski definition) is 1. The van der Waals surface area contributed by atoms with Crippen molar-refractivity contribution in [2.45, 2.75) is 53.1 Å². The van der Waals surface area contributed by atoms with Gasteiger partial charge in [0.2, 0.25) is 0 Å². The highest BCUT2D eigenvalue weighted by Crippen LogP contribution is 2.19. The van der Waals surface area contributed by atoms with Crippen LogP contribution in [0.2, 0.25) is 0 Å². The van der Waals surface area contributed by atoms with E-state index in [1.807, 2.05) is 0 Å². The van der Waals surface area contributed by atoms with Crippen LogP contribution in [-0.4, -0.2) is 5.54 Å². The Bertz CT molecular complexity index is 334. The third-order valence-electron chi connectivity index (χ3n) is 2.68. The molecule has 0 aliphatic rings. The summed E-state index contributed by atoms with van der Waals surface area (Å²) in [4.78, 5) is 0. The molecule has 0 spiro atoms. The zero-order valence-electron chi connectivity index (χ0n) is 10.8. The normalized spacial score (nSPS) is 14.0. The molecule has 0 aliphatic heterocycles. The highest BCUT2D eigenvalue weighted by atomic mass is 15.0. The van der Waals surface area contributed by atoms with Gasteiger partial charge in [-0.1, -0.05) is 18.2 Å². The fraction of sp³-hybridized carbons (Fsp3) is 0.571. The Morgan fingerprint density at radius 3 is 2.13 bits per heavy atom. The van der Waals surface area contributed by atoms with Gasteiger partial charge in [-0.05, 0) is 58.2 Å². The van der Waals surface area contributed by atoms with Crippen molar-refractivity contribution >= 4 is 0 Å². The second-order valence-electron chi connectivity index (χ2n) is 5.46. The SMILES string of the molecule is Cc1ccc(C(C)NC(C)(C)C)cc1C. The van der Waals surface area contributed by atoms with Crippen LogP contribution in [0.3, 0.4) is 0 Å². The van der Waals surface area contributed by atoms with Crippen LogP contribution in [-0.2, 0) is 0 Å². The quantitative estimate of drug-likeness (QED) is 0.775. The Balaban J connectivity index is 2.83. The highest BCUT2D eigenvalue weighted by Gasteiger charge is 2.14. The summed E-state index contributed by atoms with van der Waals surface area (Å²) in [7, 11) is 0. The van der Waals surface area contributed by atoms with Gasteiger partial charge in [0, 0.05) is 11.6 Å². The van der Waals surface area contributed by atoms with Crippen molar-refractivity contribution in [2.24, 2.45) is 0 Å². The third-order valence-corrected chi connectivity index (χ3v) is 2.68. The summed E-state index contributed by atoms with van der Waals surface area (Å²) < 4.78 is 0. The molecular weight excluding hydrogens is 182 g/mol. The molecule has 1 heteroatoms. The molecule has 1 N–H and O–H groups in total. The van der Waals surface area contributed by atoms with Gasteiger partial charge in [-0.3, -0.25) is 0 Å². The van der Waals surface area contributed by atoms with Crippen molar-refractivity contribution in [1.82, 2.24) is 5.32 Å². The molecule has 0 saturated carbocycles. The maximum absolute atomic E-state index is 3.58. The van der Waals surface area contributed by atoms with Crippen LogP contribution in [0.15, 0.2) is 18.2 Å². The maximum Gasteiger partial charge on any atom is 0.0296 e. The summed E-state index contributed by atoms with van der Waals surface area (Å²) >= 11 is 0. The van der Waals surface area contributed by atoms with Crippen molar-refractivity contribution in [3.63, 3.8) is 0 Å². The van der Waals surface area contributed by atoms with Gasteiger partial charge in [0.15, 0.2) is 0 Å². The Morgan fingerprint density at radius 2 is 1.67 bits per heavy atom. The molecule has 0 bridgehead atoms. The van der Waals surface area contributed by atoms with Gasteiger partial charge < -0.3 is 5.32 Å². The predicted molar refractivity (Wildman–Crippen MR) is 67.2 cm³/mol. The van der Waals surface area contributed by atoms with Crippen LogP contribution >= 0.6 is 0 Å². The molecule has 1 aromatic rings. The van der Waals surface area contributed by atoms with Gasteiger partial charge in [-0.25, -0.2) is 0 Å². The van der Waals surface area contributed by atoms with Crippen molar-refractivity contribution < 1.29 is 0 Å². The standard InChI is InChI=1S/C14H23N/c1-10-7-8-13(9-11(10)2)12(3)15-14(4,5)6/h7-9,12,15H,1-6H3. The van der Waals surface area contributed by atoms with E-state index in [4.69, 9.17) is 0 Å². The molecule has 0 radical (unpaired) electrons. The van der Waals surface area contributed by atoms with E-state index in [-0.39, 0.29) is 5.54 Å². The molecule has 1 unspecified atom stereocenters. The summed E-state index contributed by atoms with van der Waals surface area (Å²) in [5, 5.41) is 3.58. The first-order valence-electron chi connectivity index (χ1n) is 5.64. The fourth-order valence-corrected chi connectivity index (χ4v) is 1.77. The molecule has 0 aliphatic carbocycles. The summed E-state index contributed by atoms with van der Waals surface area (Å²) in [6, 6.07) is 7.10. The van der Waals surface area contributed by atoms with E-state index in [0.29, 0.717) is 6.04 Å². The number of nitrogens with one attached hydrogen (secondary N) is 1. The monoisotopic (exact) mass is 205 g/mol. The average Bonchev–Trinajstić information content (AvgIpc) is 2.06. The minimum atomic E-state index is 0.165. The summed E-state index contributed by atoms with van der Waals surface area (Å²) in [6.45, 7) is 13.1. The Kier molecular flexibility index (Phi) is 3.56. The van der Waals surface area contributed by atoms with Gasteiger partial charge in [0.1, 0.15) is 0 Å². The lowest BCUT2D eigenvalue weighted by Crippen LogP contribution is -2.37. The Hall–Kier alpha value is -0.820. The van der Waals surface area contributed by atoms with Crippen molar-refractivity contribution in [2.75, 3.05) is 0 Å². The minimum Gasteiger partial charge on any atom is -0.306 e. The molecule has 1 rings (SSSR count). The lowest BCUT2D eigenvalue weighted by molar-refractivity contribution is 0.378. The van der Waals surface area contributed by atoms with Gasteiger partial charge in [0.25, 0.3) is 0 Å². The Labute approximate surface area is 93.9 Å². The molecule has 1 atom stereocenters. The Morgan fingerprint density at radius 1 is 1.07 bits per heavy atom. The second-order valence-corrected chi connectivity index (χ2v) is 5.46. The van der Waals surface area contributed by atoms with E-state index in [1.54, 1.807) is 0 Å². The zero-order chi connectivity index (χ0) is 11.6. The lowest BCUT2D eigenvalue weighted by Gasteiger charge is -2.26. The molecule has 0 heterocycles. The maximum atomic E-state index is 3.58. The van der Waals surface area contributed by atoms with E-state index in [0.717, 1.165) is 0 Å². The minimum absolute atomic E-state index is 0.165. The first-order valence-corrected chi connectivity index (χ1v) is 5.64. The third kappa shape index (κ3) is 3.67. The number of benzene rings is 1. The first-order chi connectivity index (χ1) is 6.79. The molecule has 0 aromatic heterocycles. The average molecular weight is 205 g/mol. The second kappa shape index (κ2) is 4.36. The number of aryl methyl sites for hydroxylation is 2. The van der Waals surface area contributed by atoms with Crippen molar-refractivity contribution in [1.29, 1.82) is 0 Å². The van der Waals surface area contributed by atoms with Gasteiger partial charge in [-0.2, -0.15) is 0 Å². The predicted octanol–water partition coefficient (Wildman–Crippen LogP) is 3.75. The molecular formula is C14H23N. The van der Waals surface area contributed by atoms with Crippen LogP contribution < -0.4 is 5.32 Å². The zero-order valence-corrected chi connectivity index (χ0v) is 10.8. The van der Waals surface area contributed by atoms with E-state index in [9.17, 15) is 0 Å². The smallest absolute Gasteiger partial charge is 0.0296 e. The molecule has 1 aromatic carbocycles. The van der Waals surface area contributed by atoms with Gasteiger partial charge in [-0.15, -0.1) is 0 Å². The van der Waals surface area contributed by atoms with Gasteiger partial charge in [0.05, 0.1) is 0 Å². The van der Waals surface area contributed by atoms with Crippen LogP contribution in [0.4, 0.5) is 0 Å². The molecule has 1 nitrogen and oxygen atoms in total. The number of rotatable bonds is 2. The molecule has 0 saturated heterocycles. The van der Waals surface area contributed by atoms with Crippen molar-refractivity contribution in [3.05, 3.63) is 34.9 Å². The van der Waals surface area contributed by atoms with E-state index >= 15 is 0 Å². The van der Waals surface area contributed by atoms with Crippen molar-refractivity contribution in [3.8, 4) is 0 Å². The summed E-state index contributed by atoms with van der Waals surface area (Å²) in [6.07, 6.45) is 0. The van der Waals surface area contributed by atoms with Gasteiger partial charge >= 0.3 is 0 Å². The van der Waals surface area contributed by atoms with E-state index in [2.05, 4.69) is 65.1 Å². The van der Waals surface area contributed by atoms with Crippen LogP contribution in [0.25, 0.3) is 0 Å². The van der Waals surface area contributed by atoms with E-state index < -0.39 is 0 Å². The van der Waals surface area contributed by atoms with Crippen LogP contribution in [0.1, 0.15) is 50.4 Å². The van der Waals surface area contributed by atoms with Crippen LogP contribution in [0, 0.1) is 13.8 Å².